The maximum Gasteiger partial charge on any atom is 0.222 e. The van der Waals surface area contributed by atoms with Crippen molar-refractivity contribution in [1.82, 2.24) is 0 Å². The second kappa shape index (κ2) is 5.67. The molecule has 0 aliphatic carbocycles. The number of benzene rings is 1. The number of halogens is 2. The van der Waals surface area contributed by atoms with Crippen molar-refractivity contribution in [1.29, 1.82) is 0 Å². The molecule has 88 valence electrons. The van der Waals surface area contributed by atoms with E-state index in [0.29, 0.717) is 11.4 Å². The minimum Gasteiger partial charge on any atom is -0.281 e. The molecule has 1 aromatic carbocycles. The molecule has 0 aliphatic heterocycles. The van der Waals surface area contributed by atoms with Gasteiger partial charge in [-0.05, 0) is 40.7 Å². The molecule has 0 aliphatic rings. The number of hydrogen-bond donors (Lipinski definition) is 0. The third-order valence-corrected chi connectivity index (χ3v) is 3.92. The van der Waals surface area contributed by atoms with Crippen LogP contribution < -0.4 is 0 Å². The number of carbonyl (C=O) groups is 1. The fourth-order valence-corrected chi connectivity index (χ4v) is 2.86. The molecule has 4 heteroatoms. The monoisotopic (exact) mass is 284 g/mol. The Morgan fingerprint density at radius 2 is 1.94 bits per heavy atom. The third kappa shape index (κ3) is 3.32. The number of rotatable bonds is 4. The van der Waals surface area contributed by atoms with Gasteiger partial charge < -0.3 is 0 Å². The quantitative estimate of drug-likeness (QED) is 0.745. The summed E-state index contributed by atoms with van der Waals surface area (Å²) >= 11 is 13.0. The highest BCUT2D eigenvalue weighted by molar-refractivity contribution is 7.10. The molecule has 2 aromatic rings. The largest absolute Gasteiger partial charge is 0.281 e. The SMILES string of the molecule is O=C(Cl)CC(c1ccc(Cl)cc1)c1cccs1. The Kier molecular flexibility index (Phi) is 4.21. The standard InChI is InChI=1S/C13H10Cl2OS/c14-10-5-3-9(4-6-10)11(8-13(15)16)12-2-1-7-17-12/h1-7,11H,8H2. The number of carbonyl (C=O) groups excluding carboxylic acids is 1. The normalized spacial score (nSPS) is 12.4. The van der Waals surface area contributed by atoms with Crippen LogP contribution in [0.1, 0.15) is 22.8 Å². The number of hydrogen-bond acceptors (Lipinski definition) is 2. The molecule has 1 unspecified atom stereocenters. The van der Waals surface area contributed by atoms with E-state index in [1.165, 1.54) is 0 Å². The summed E-state index contributed by atoms with van der Waals surface area (Å²) in [6.45, 7) is 0. The van der Waals surface area contributed by atoms with E-state index in [9.17, 15) is 4.79 Å². The van der Waals surface area contributed by atoms with Crippen LogP contribution in [0, 0.1) is 0 Å². The zero-order valence-corrected chi connectivity index (χ0v) is 11.2. The fourth-order valence-electron chi connectivity index (χ4n) is 1.73. The van der Waals surface area contributed by atoms with Gasteiger partial charge in [-0.2, -0.15) is 0 Å². The predicted molar refractivity (Wildman–Crippen MR) is 73.1 cm³/mol. The van der Waals surface area contributed by atoms with Crippen LogP contribution in [0.2, 0.25) is 5.02 Å². The molecule has 1 atom stereocenters. The zero-order chi connectivity index (χ0) is 12.3. The van der Waals surface area contributed by atoms with Crippen molar-refractivity contribution < 1.29 is 4.79 Å². The molecule has 1 heterocycles. The van der Waals surface area contributed by atoms with E-state index in [1.807, 2.05) is 41.8 Å². The van der Waals surface area contributed by atoms with E-state index in [1.54, 1.807) is 11.3 Å². The molecule has 0 saturated carbocycles. The van der Waals surface area contributed by atoms with Gasteiger partial charge in [0, 0.05) is 22.2 Å². The van der Waals surface area contributed by atoms with Crippen molar-refractivity contribution in [2.24, 2.45) is 0 Å². The minimum atomic E-state index is -0.321. The molecule has 0 bridgehead atoms. The lowest BCUT2D eigenvalue weighted by Crippen LogP contribution is -2.03. The first-order valence-corrected chi connectivity index (χ1v) is 6.77. The summed E-state index contributed by atoms with van der Waals surface area (Å²) in [6, 6.07) is 11.5. The van der Waals surface area contributed by atoms with Gasteiger partial charge in [-0.1, -0.05) is 29.8 Å². The van der Waals surface area contributed by atoms with Gasteiger partial charge >= 0.3 is 0 Å². The Hall–Kier alpha value is -0.830. The van der Waals surface area contributed by atoms with E-state index < -0.39 is 0 Å². The van der Waals surface area contributed by atoms with E-state index in [2.05, 4.69) is 0 Å². The summed E-state index contributed by atoms with van der Waals surface area (Å²) in [7, 11) is 0. The van der Waals surface area contributed by atoms with Crippen molar-refractivity contribution in [2.45, 2.75) is 12.3 Å². The predicted octanol–water partition coefficient (Wildman–Crippen LogP) is 4.69. The maximum atomic E-state index is 11.1. The molecule has 17 heavy (non-hydrogen) atoms. The molecule has 2 rings (SSSR count). The lowest BCUT2D eigenvalue weighted by molar-refractivity contribution is -0.111. The average Bonchev–Trinajstić information content (AvgIpc) is 2.80. The zero-order valence-electron chi connectivity index (χ0n) is 8.90. The molecule has 0 amide bonds. The van der Waals surface area contributed by atoms with E-state index in [0.717, 1.165) is 10.4 Å². The first-order chi connectivity index (χ1) is 8.16. The molecular weight excluding hydrogens is 275 g/mol. The van der Waals surface area contributed by atoms with Gasteiger partial charge in [0.05, 0.1) is 0 Å². The molecule has 0 N–H and O–H groups in total. The first-order valence-electron chi connectivity index (χ1n) is 5.14. The summed E-state index contributed by atoms with van der Waals surface area (Å²) < 4.78 is 0. The van der Waals surface area contributed by atoms with Gasteiger partial charge in [0.2, 0.25) is 5.24 Å². The lowest BCUT2D eigenvalue weighted by atomic mass is 9.95. The van der Waals surface area contributed by atoms with Gasteiger partial charge in [0.1, 0.15) is 0 Å². The Morgan fingerprint density at radius 3 is 2.47 bits per heavy atom. The van der Waals surface area contributed by atoms with Crippen LogP contribution in [0.4, 0.5) is 0 Å². The van der Waals surface area contributed by atoms with Gasteiger partial charge in [0.25, 0.3) is 0 Å². The smallest absolute Gasteiger partial charge is 0.222 e. The Morgan fingerprint density at radius 1 is 1.24 bits per heavy atom. The number of thiophene rings is 1. The van der Waals surface area contributed by atoms with Gasteiger partial charge in [-0.25, -0.2) is 0 Å². The van der Waals surface area contributed by atoms with Crippen molar-refractivity contribution in [3.8, 4) is 0 Å². The minimum absolute atomic E-state index is 0.0252. The molecule has 0 radical (unpaired) electrons. The third-order valence-electron chi connectivity index (χ3n) is 2.52. The topological polar surface area (TPSA) is 17.1 Å². The molecule has 1 aromatic heterocycles. The highest BCUT2D eigenvalue weighted by Gasteiger charge is 2.18. The Labute approximate surface area is 114 Å². The van der Waals surface area contributed by atoms with Crippen LogP contribution in [0.15, 0.2) is 41.8 Å². The molecular formula is C13H10Cl2OS. The molecule has 1 nitrogen and oxygen atoms in total. The second-order valence-electron chi connectivity index (χ2n) is 3.68. The van der Waals surface area contributed by atoms with Gasteiger partial charge in [-0.3, -0.25) is 4.79 Å². The van der Waals surface area contributed by atoms with E-state index in [4.69, 9.17) is 23.2 Å². The summed E-state index contributed by atoms with van der Waals surface area (Å²) in [4.78, 5) is 12.3. The van der Waals surface area contributed by atoms with Crippen molar-refractivity contribution >= 4 is 39.8 Å². The van der Waals surface area contributed by atoms with Crippen LogP contribution >= 0.6 is 34.5 Å². The molecule has 0 fully saturated rings. The summed E-state index contributed by atoms with van der Waals surface area (Å²) in [5.74, 6) is 0.0252. The van der Waals surface area contributed by atoms with Gasteiger partial charge in [-0.15, -0.1) is 11.3 Å². The summed E-state index contributed by atoms with van der Waals surface area (Å²) in [6.07, 6.45) is 0.309. The first kappa shape index (κ1) is 12.6. The van der Waals surface area contributed by atoms with Crippen LogP contribution in [0.5, 0.6) is 0 Å². The highest BCUT2D eigenvalue weighted by atomic mass is 35.5. The van der Waals surface area contributed by atoms with E-state index in [-0.39, 0.29) is 11.2 Å². The highest BCUT2D eigenvalue weighted by Crippen LogP contribution is 2.32. The fraction of sp³-hybridized carbons (Fsp3) is 0.154. The van der Waals surface area contributed by atoms with Crippen LogP contribution in [0.3, 0.4) is 0 Å². The van der Waals surface area contributed by atoms with Crippen LogP contribution in [-0.2, 0) is 4.79 Å². The Balaban J connectivity index is 2.33. The molecule has 0 spiro atoms. The van der Waals surface area contributed by atoms with E-state index >= 15 is 0 Å². The second-order valence-corrected chi connectivity index (χ2v) is 5.52. The average molecular weight is 285 g/mol. The van der Waals surface area contributed by atoms with Crippen molar-refractivity contribution in [2.75, 3.05) is 0 Å². The van der Waals surface area contributed by atoms with Crippen molar-refractivity contribution in [3.05, 3.63) is 57.2 Å². The maximum absolute atomic E-state index is 11.1. The summed E-state index contributed by atoms with van der Waals surface area (Å²) in [5, 5.41) is 2.37. The van der Waals surface area contributed by atoms with Crippen molar-refractivity contribution in [3.63, 3.8) is 0 Å². The Bertz CT molecular complexity index is 491. The van der Waals surface area contributed by atoms with Gasteiger partial charge in [0.15, 0.2) is 0 Å². The summed E-state index contributed by atoms with van der Waals surface area (Å²) in [5.41, 5.74) is 1.06. The van der Waals surface area contributed by atoms with Crippen LogP contribution in [-0.4, -0.2) is 5.24 Å². The van der Waals surface area contributed by atoms with Crippen LogP contribution in [0.25, 0.3) is 0 Å². The lowest BCUT2D eigenvalue weighted by Gasteiger charge is -2.13. The molecule has 0 saturated heterocycles.